The van der Waals surface area contributed by atoms with Crippen molar-refractivity contribution >= 4 is 23.1 Å². The van der Waals surface area contributed by atoms with Crippen LogP contribution in [0, 0.1) is 17.7 Å². The van der Waals surface area contributed by atoms with E-state index in [1.54, 1.807) is 34.8 Å². The van der Waals surface area contributed by atoms with E-state index in [0.717, 1.165) is 18.3 Å². The molecule has 5 rings (SSSR count). The first kappa shape index (κ1) is 25.8. The van der Waals surface area contributed by atoms with Crippen molar-refractivity contribution in [2.75, 3.05) is 18.4 Å². The standard InChI is InChI=1S/C27H20F4N6O2/c1-2-3-23(38)36-10-7-17(15-36)25-35-24(21-14-32-9-11-37(21)25)19-5-4-16(12-20(19)28)26(39)34-22-13-18(6-8-33-22)27(29,30)31/h4-6,8-9,11-14,17H,7,10,15H2,1H3,(H,33,34,39). The maximum absolute atomic E-state index is 15.3. The van der Waals surface area contributed by atoms with Gasteiger partial charge in [-0.15, -0.1) is 0 Å². The number of pyridine rings is 1. The first-order valence-electron chi connectivity index (χ1n) is 11.8. The molecule has 1 unspecified atom stereocenters. The first-order valence-corrected chi connectivity index (χ1v) is 11.8. The van der Waals surface area contributed by atoms with Gasteiger partial charge in [-0.2, -0.15) is 13.2 Å². The van der Waals surface area contributed by atoms with Crippen LogP contribution in [0.15, 0.2) is 55.1 Å². The summed E-state index contributed by atoms with van der Waals surface area (Å²) < 4.78 is 56.0. The van der Waals surface area contributed by atoms with Crippen molar-refractivity contribution < 1.29 is 27.2 Å². The van der Waals surface area contributed by atoms with Gasteiger partial charge in [-0.1, -0.05) is 5.92 Å². The molecule has 8 nitrogen and oxygen atoms in total. The molecule has 2 amide bonds. The number of amides is 2. The van der Waals surface area contributed by atoms with E-state index in [2.05, 4.69) is 27.1 Å². The van der Waals surface area contributed by atoms with Crippen LogP contribution in [0.4, 0.5) is 23.4 Å². The van der Waals surface area contributed by atoms with Gasteiger partial charge in [0, 0.05) is 48.7 Å². The molecular weight excluding hydrogens is 516 g/mol. The van der Waals surface area contributed by atoms with E-state index in [0.29, 0.717) is 42.6 Å². The maximum Gasteiger partial charge on any atom is 0.416 e. The number of likely N-dealkylation sites (tertiary alicyclic amines) is 1. The predicted molar refractivity (Wildman–Crippen MR) is 133 cm³/mol. The fourth-order valence-electron chi connectivity index (χ4n) is 4.50. The Morgan fingerprint density at radius 2 is 1.97 bits per heavy atom. The molecular formula is C27H20F4N6O2. The normalized spacial score (nSPS) is 15.2. The lowest BCUT2D eigenvalue weighted by Gasteiger charge is -2.12. The van der Waals surface area contributed by atoms with Crippen LogP contribution in [-0.2, 0) is 11.0 Å². The lowest BCUT2D eigenvalue weighted by atomic mass is 10.1. The van der Waals surface area contributed by atoms with E-state index in [1.807, 2.05) is 0 Å². The minimum absolute atomic E-state index is 0.107. The van der Waals surface area contributed by atoms with E-state index in [4.69, 9.17) is 4.98 Å². The molecule has 0 spiro atoms. The number of hydrogen-bond donors (Lipinski definition) is 1. The van der Waals surface area contributed by atoms with Crippen molar-refractivity contribution in [2.24, 2.45) is 0 Å². The molecule has 1 N–H and O–H groups in total. The zero-order valence-corrected chi connectivity index (χ0v) is 20.5. The average Bonchev–Trinajstić information content (AvgIpc) is 3.54. The third kappa shape index (κ3) is 5.16. The second-order valence-corrected chi connectivity index (χ2v) is 8.84. The summed E-state index contributed by atoms with van der Waals surface area (Å²) in [6.07, 6.45) is 1.81. The van der Waals surface area contributed by atoms with Crippen LogP contribution in [0.1, 0.15) is 41.0 Å². The van der Waals surface area contributed by atoms with Gasteiger partial charge in [0.2, 0.25) is 0 Å². The largest absolute Gasteiger partial charge is 0.416 e. The molecule has 1 aliphatic heterocycles. The van der Waals surface area contributed by atoms with Crippen LogP contribution in [0.25, 0.3) is 16.8 Å². The zero-order chi connectivity index (χ0) is 27.7. The Kier molecular flexibility index (Phi) is 6.74. The number of carbonyl (C=O) groups excluding carboxylic acids is 2. The molecule has 1 fully saturated rings. The number of hydrogen-bond acceptors (Lipinski definition) is 5. The molecule has 0 saturated carbocycles. The Labute approximate surface area is 219 Å². The highest BCUT2D eigenvalue weighted by molar-refractivity contribution is 6.04. The van der Waals surface area contributed by atoms with Gasteiger partial charge >= 0.3 is 6.18 Å². The van der Waals surface area contributed by atoms with Crippen molar-refractivity contribution in [2.45, 2.75) is 25.4 Å². The molecule has 1 saturated heterocycles. The van der Waals surface area contributed by atoms with Crippen LogP contribution < -0.4 is 5.32 Å². The Balaban J connectivity index is 1.42. The van der Waals surface area contributed by atoms with Crippen molar-refractivity contribution in [1.82, 2.24) is 24.3 Å². The molecule has 4 heterocycles. The summed E-state index contributed by atoms with van der Waals surface area (Å²) >= 11 is 0. The molecule has 3 aromatic heterocycles. The summed E-state index contributed by atoms with van der Waals surface area (Å²) in [6, 6.07) is 5.19. The lowest BCUT2D eigenvalue weighted by molar-refractivity contribution is -0.137. The third-order valence-electron chi connectivity index (χ3n) is 6.36. The summed E-state index contributed by atoms with van der Waals surface area (Å²) in [7, 11) is 0. The number of carbonyl (C=O) groups is 2. The number of rotatable bonds is 4. The number of alkyl halides is 3. The second-order valence-electron chi connectivity index (χ2n) is 8.84. The van der Waals surface area contributed by atoms with Gasteiger partial charge in [-0.3, -0.25) is 19.0 Å². The number of nitrogens with zero attached hydrogens (tertiary/aromatic N) is 5. The summed E-state index contributed by atoms with van der Waals surface area (Å²) in [5.41, 5.74) is -0.129. The Hall–Kier alpha value is -4.79. The Morgan fingerprint density at radius 1 is 1.15 bits per heavy atom. The van der Waals surface area contributed by atoms with E-state index in [1.165, 1.54) is 12.1 Å². The van der Waals surface area contributed by atoms with Gasteiger partial charge in [0.25, 0.3) is 11.8 Å². The van der Waals surface area contributed by atoms with Gasteiger partial charge < -0.3 is 10.2 Å². The monoisotopic (exact) mass is 536 g/mol. The van der Waals surface area contributed by atoms with Crippen LogP contribution >= 0.6 is 0 Å². The van der Waals surface area contributed by atoms with Crippen LogP contribution in [-0.4, -0.2) is 49.2 Å². The maximum atomic E-state index is 15.3. The fourth-order valence-corrected chi connectivity index (χ4v) is 4.50. The highest BCUT2D eigenvalue weighted by Crippen LogP contribution is 2.34. The minimum Gasteiger partial charge on any atom is -0.331 e. The highest BCUT2D eigenvalue weighted by atomic mass is 19.4. The highest BCUT2D eigenvalue weighted by Gasteiger charge is 2.32. The summed E-state index contributed by atoms with van der Waals surface area (Å²) in [5, 5.41) is 2.26. The molecule has 0 bridgehead atoms. The van der Waals surface area contributed by atoms with E-state index >= 15 is 4.39 Å². The fraction of sp³-hybridized carbons (Fsp3) is 0.222. The summed E-state index contributed by atoms with van der Waals surface area (Å²) in [6.45, 7) is 2.53. The van der Waals surface area contributed by atoms with Crippen LogP contribution in [0.2, 0.25) is 0 Å². The Bertz CT molecular complexity index is 1650. The van der Waals surface area contributed by atoms with E-state index in [9.17, 15) is 22.8 Å². The lowest BCUT2D eigenvalue weighted by Crippen LogP contribution is -2.27. The molecule has 1 aromatic carbocycles. The van der Waals surface area contributed by atoms with Gasteiger partial charge in [-0.05, 0) is 49.6 Å². The smallest absolute Gasteiger partial charge is 0.331 e. The van der Waals surface area contributed by atoms with Crippen molar-refractivity contribution in [3.63, 3.8) is 0 Å². The molecule has 12 heteroatoms. The van der Waals surface area contributed by atoms with Crippen molar-refractivity contribution in [1.29, 1.82) is 0 Å². The molecule has 0 radical (unpaired) electrons. The number of nitrogens with one attached hydrogen (secondary N) is 1. The predicted octanol–water partition coefficient (Wildman–Crippen LogP) is 4.54. The van der Waals surface area contributed by atoms with Crippen LogP contribution in [0.3, 0.4) is 0 Å². The van der Waals surface area contributed by atoms with Crippen molar-refractivity contribution in [3.8, 4) is 23.1 Å². The molecule has 1 atom stereocenters. The van der Waals surface area contributed by atoms with E-state index in [-0.39, 0.29) is 28.8 Å². The molecule has 198 valence electrons. The van der Waals surface area contributed by atoms with Crippen LogP contribution in [0.5, 0.6) is 0 Å². The number of halogens is 4. The molecule has 1 aliphatic rings. The average molecular weight is 536 g/mol. The van der Waals surface area contributed by atoms with Gasteiger partial charge in [0.05, 0.1) is 17.3 Å². The second kappa shape index (κ2) is 10.2. The number of anilines is 1. The van der Waals surface area contributed by atoms with Gasteiger partial charge in [-0.25, -0.2) is 14.4 Å². The molecule has 4 aromatic rings. The SMILES string of the molecule is CC#CC(=O)N1CCC(c2nc(-c3ccc(C(=O)Nc4cc(C(F)(F)F)ccn4)cc3F)c3cnccn23)C1. The summed E-state index contributed by atoms with van der Waals surface area (Å²) in [5.74, 6) is 3.52. The third-order valence-corrected chi connectivity index (χ3v) is 6.36. The number of benzene rings is 1. The first-order chi connectivity index (χ1) is 18.7. The van der Waals surface area contributed by atoms with Gasteiger partial charge in [0.1, 0.15) is 23.2 Å². The zero-order valence-electron chi connectivity index (χ0n) is 20.5. The number of imidazole rings is 1. The van der Waals surface area contributed by atoms with Gasteiger partial charge in [0.15, 0.2) is 0 Å². The topological polar surface area (TPSA) is 92.5 Å². The Morgan fingerprint density at radius 3 is 2.72 bits per heavy atom. The van der Waals surface area contributed by atoms with Crippen molar-refractivity contribution in [3.05, 3.63) is 77.9 Å². The summed E-state index contributed by atoms with van der Waals surface area (Å²) in [4.78, 5) is 39.1. The number of fused-ring (bicyclic) bond motifs is 1. The van der Waals surface area contributed by atoms with E-state index < -0.39 is 23.5 Å². The number of aromatic nitrogens is 4. The minimum atomic E-state index is -4.60. The quantitative estimate of drug-likeness (QED) is 0.306. The molecule has 0 aliphatic carbocycles. The molecule has 39 heavy (non-hydrogen) atoms.